The molecule has 0 saturated carbocycles. The van der Waals surface area contributed by atoms with Gasteiger partial charge in [-0.05, 0) is 42.0 Å². The molecule has 2 amide bonds. The third kappa shape index (κ3) is 3.76. The Balaban J connectivity index is 1.64. The SMILES string of the molecule is COc1ccc(NC(=O)N2CCn3cccc3[C@@H]2c2ccc(Cl)cc2)cc1OC. The summed E-state index contributed by atoms with van der Waals surface area (Å²) in [5.41, 5.74) is 2.72. The molecule has 29 heavy (non-hydrogen) atoms. The maximum absolute atomic E-state index is 13.2. The highest BCUT2D eigenvalue weighted by molar-refractivity contribution is 6.30. The number of methoxy groups -OCH3 is 2. The second-order valence-corrected chi connectivity index (χ2v) is 7.21. The van der Waals surface area contributed by atoms with Crippen LogP contribution in [0.3, 0.4) is 0 Å². The number of carbonyl (C=O) groups excluding carboxylic acids is 1. The van der Waals surface area contributed by atoms with Crippen LogP contribution in [0.15, 0.2) is 60.8 Å². The highest BCUT2D eigenvalue weighted by Gasteiger charge is 2.32. The lowest BCUT2D eigenvalue weighted by Gasteiger charge is -2.37. The van der Waals surface area contributed by atoms with Crippen molar-refractivity contribution in [2.45, 2.75) is 12.6 Å². The highest BCUT2D eigenvalue weighted by Crippen LogP contribution is 2.34. The summed E-state index contributed by atoms with van der Waals surface area (Å²) in [6.45, 7) is 1.33. The van der Waals surface area contributed by atoms with Gasteiger partial charge in [0.1, 0.15) is 0 Å². The Morgan fingerprint density at radius 3 is 2.52 bits per heavy atom. The largest absolute Gasteiger partial charge is 0.493 e. The van der Waals surface area contributed by atoms with Crippen LogP contribution in [0, 0.1) is 0 Å². The van der Waals surface area contributed by atoms with E-state index in [1.807, 2.05) is 41.4 Å². The van der Waals surface area contributed by atoms with E-state index in [9.17, 15) is 4.79 Å². The van der Waals surface area contributed by atoms with Crippen LogP contribution in [0.1, 0.15) is 17.3 Å². The number of aromatic nitrogens is 1. The Labute approximate surface area is 174 Å². The topological polar surface area (TPSA) is 55.7 Å². The molecule has 1 aromatic heterocycles. The molecule has 0 fully saturated rings. The molecule has 6 nitrogen and oxygen atoms in total. The van der Waals surface area contributed by atoms with Crippen LogP contribution >= 0.6 is 11.6 Å². The van der Waals surface area contributed by atoms with Crippen molar-refractivity contribution in [3.05, 3.63) is 77.1 Å². The van der Waals surface area contributed by atoms with Crippen molar-refractivity contribution in [1.29, 1.82) is 0 Å². The van der Waals surface area contributed by atoms with Crippen molar-refractivity contribution >= 4 is 23.3 Å². The molecule has 3 aromatic rings. The van der Waals surface area contributed by atoms with Gasteiger partial charge >= 0.3 is 6.03 Å². The van der Waals surface area contributed by atoms with Crippen molar-refractivity contribution in [3.63, 3.8) is 0 Å². The van der Waals surface area contributed by atoms with Gasteiger partial charge in [0.05, 0.1) is 20.3 Å². The van der Waals surface area contributed by atoms with Gasteiger partial charge in [-0.15, -0.1) is 0 Å². The van der Waals surface area contributed by atoms with Gasteiger partial charge < -0.3 is 24.3 Å². The predicted octanol–water partition coefficient (Wildman–Crippen LogP) is 4.80. The highest BCUT2D eigenvalue weighted by atomic mass is 35.5. The van der Waals surface area contributed by atoms with Crippen LogP contribution in [0.25, 0.3) is 0 Å². The average molecular weight is 412 g/mol. The molecule has 0 bridgehead atoms. The first-order chi connectivity index (χ1) is 14.1. The summed E-state index contributed by atoms with van der Waals surface area (Å²) in [6.07, 6.45) is 2.04. The third-order valence-corrected chi connectivity index (χ3v) is 5.37. The first kappa shape index (κ1) is 19.2. The number of nitrogens with zero attached hydrogens (tertiary/aromatic N) is 2. The third-order valence-electron chi connectivity index (χ3n) is 5.12. The standard InChI is InChI=1S/C22H22ClN3O3/c1-28-19-10-9-17(14-20(19)29-2)24-22(27)26-13-12-25-11-3-4-18(25)21(26)15-5-7-16(23)8-6-15/h3-11,14,21H,12-13H2,1-2H3,(H,24,27)/t21-/m0/s1. The second kappa shape index (κ2) is 8.09. The van der Waals surface area contributed by atoms with Gasteiger partial charge in [-0.3, -0.25) is 0 Å². The number of rotatable bonds is 4. The molecule has 0 aliphatic carbocycles. The number of hydrogen-bond donors (Lipinski definition) is 1. The first-order valence-corrected chi connectivity index (χ1v) is 9.68. The molecule has 1 N–H and O–H groups in total. The van der Waals surface area contributed by atoms with Crippen LogP contribution < -0.4 is 14.8 Å². The van der Waals surface area contributed by atoms with E-state index >= 15 is 0 Å². The summed E-state index contributed by atoms with van der Waals surface area (Å²) in [7, 11) is 3.15. The zero-order chi connectivity index (χ0) is 20.4. The number of hydrogen-bond acceptors (Lipinski definition) is 3. The molecule has 1 aliphatic rings. The Kier molecular flexibility index (Phi) is 5.36. The predicted molar refractivity (Wildman–Crippen MR) is 113 cm³/mol. The second-order valence-electron chi connectivity index (χ2n) is 6.77. The number of urea groups is 1. The number of fused-ring (bicyclic) bond motifs is 1. The monoisotopic (exact) mass is 411 g/mol. The molecule has 0 spiro atoms. The fourth-order valence-corrected chi connectivity index (χ4v) is 3.83. The number of anilines is 1. The maximum atomic E-state index is 13.2. The van der Waals surface area contributed by atoms with Crippen molar-refractivity contribution in [1.82, 2.24) is 9.47 Å². The fourth-order valence-electron chi connectivity index (χ4n) is 3.71. The van der Waals surface area contributed by atoms with Gasteiger partial charge in [-0.25, -0.2) is 4.79 Å². The van der Waals surface area contributed by atoms with E-state index in [1.54, 1.807) is 32.4 Å². The van der Waals surface area contributed by atoms with Gasteiger partial charge in [0, 0.05) is 41.8 Å². The fraction of sp³-hybridized carbons (Fsp3) is 0.227. The van der Waals surface area contributed by atoms with Gasteiger partial charge in [-0.1, -0.05) is 23.7 Å². The van der Waals surface area contributed by atoms with Crippen molar-refractivity contribution in [3.8, 4) is 11.5 Å². The van der Waals surface area contributed by atoms with Gasteiger partial charge in [0.2, 0.25) is 0 Å². The Hall–Kier alpha value is -3.12. The minimum atomic E-state index is -0.198. The van der Waals surface area contributed by atoms with Crippen molar-refractivity contribution < 1.29 is 14.3 Å². The summed E-state index contributed by atoms with van der Waals surface area (Å²) < 4.78 is 12.8. The molecule has 2 heterocycles. The molecule has 1 aliphatic heterocycles. The van der Waals surface area contributed by atoms with E-state index in [1.165, 1.54) is 0 Å². The Morgan fingerprint density at radius 1 is 1.03 bits per heavy atom. The summed E-state index contributed by atoms with van der Waals surface area (Å²) in [5.74, 6) is 1.17. The quantitative estimate of drug-likeness (QED) is 0.671. The summed E-state index contributed by atoms with van der Waals surface area (Å²) in [4.78, 5) is 15.1. The van der Waals surface area contributed by atoms with E-state index in [0.29, 0.717) is 28.8 Å². The first-order valence-electron chi connectivity index (χ1n) is 9.31. The van der Waals surface area contributed by atoms with E-state index in [4.69, 9.17) is 21.1 Å². The Bertz CT molecular complexity index is 1020. The van der Waals surface area contributed by atoms with Crippen LogP contribution in [0.2, 0.25) is 5.02 Å². The molecule has 0 radical (unpaired) electrons. The zero-order valence-electron chi connectivity index (χ0n) is 16.3. The average Bonchev–Trinajstić information content (AvgIpc) is 3.22. The number of carbonyl (C=O) groups is 1. The molecule has 4 rings (SSSR count). The van der Waals surface area contributed by atoms with Gasteiger partial charge in [0.15, 0.2) is 11.5 Å². The zero-order valence-corrected chi connectivity index (χ0v) is 17.0. The lowest BCUT2D eigenvalue weighted by Crippen LogP contribution is -2.44. The van der Waals surface area contributed by atoms with E-state index < -0.39 is 0 Å². The lowest BCUT2D eigenvalue weighted by atomic mass is 10.0. The maximum Gasteiger partial charge on any atom is 0.322 e. The van der Waals surface area contributed by atoms with Crippen LogP contribution in [-0.4, -0.2) is 36.3 Å². The van der Waals surface area contributed by atoms with Gasteiger partial charge in [0.25, 0.3) is 0 Å². The number of nitrogens with one attached hydrogen (secondary N) is 1. The number of benzene rings is 2. The molecule has 7 heteroatoms. The minimum absolute atomic E-state index is 0.176. The number of amides is 2. The summed E-state index contributed by atoms with van der Waals surface area (Å²) in [6, 6.07) is 16.6. The normalized spacial score (nSPS) is 15.6. The van der Waals surface area contributed by atoms with Crippen molar-refractivity contribution in [2.75, 3.05) is 26.1 Å². The molecule has 150 valence electrons. The van der Waals surface area contributed by atoms with E-state index in [2.05, 4.69) is 16.0 Å². The molecule has 2 aromatic carbocycles. The molecule has 0 saturated heterocycles. The van der Waals surface area contributed by atoms with E-state index in [0.717, 1.165) is 17.8 Å². The smallest absolute Gasteiger partial charge is 0.322 e. The molecule has 0 unspecified atom stereocenters. The lowest BCUT2D eigenvalue weighted by molar-refractivity contribution is 0.182. The number of halogens is 1. The van der Waals surface area contributed by atoms with Gasteiger partial charge in [-0.2, -0.15) is 0 Å². The molecular weight excluding hydrogens is 390 g/mol. The number of ether oxygens (including phenoxy) is 2. The van der Waals surface area contributed by atoms with E-state index in [-0.39, 0.29) is 12.1 Å². The minimum Gasteiger partial charge on any atom is -0.493 e. The summed E-state index contributed by atoms with van der Waals surface area (Å²) in [5, 5.41) is 3.66. The Morgan fingerprint density at radius 2 is 1.79 bits per heavy atom. The van der Waals surface area contributed by atoms with Crippen LogP contribution in [-0.2, 0) is 6.54 Å². The summed E-state index contributed by atoms with van der Waals surface area (Å²) >= 11 is 6.07. The van der Waals surface area contributed by atoms with Crippen LogP contribution in [0.5, 0.6) is 11.5 Å². The van der Waals surface area contributed by atoms with Crippen LogP contribution in [0.4, 0.5) is 10.5 Å². The molecule has 1 atom stereocenters. The van der Waals surface area contributed by atoms with Crippen molar-refractivity contribution in [2.24, 2.45) is 0 Å². The molecular formula is C22H22ClN3O3.